The van der Waals surface area contributed by atoms with Gasteiger partial charge in [-0.1, -0.05) is 36.4 Å². The number of anilines is 1. The number of nitrogens with zero attached hydrogens (tertiary/aromatic N) is 2. The van der Waals surface area contributed by atoms with Gasteiger partial charge in [-0.2, -0.15) is 0 Å². The quantitative estimate of drug-likeness (QED) is 0.455. The van der Waals surface area contributed by atoms with Gasteiger partial charge in [0, 0.05) is 30.6 Å². The molecule has 0 bridgehead atoms. The van der Waals surface area contributed by atoms with Crippen molar-refractivity contribution < 1.29 is 13.2 Å². The highest BCUT2D eigenvalue weighted by Gasteiger charge is 2.25. The maximum absolute atomic E-state index is 13.3. The van der Waals surface area contributed by atoms with Gasteiger partial charge >= 0.3 is 0 Å². The minimum Gasteiger partial charge on any atom is -0.337 e. The Morgan fingerprint density at radius 1 is 0.935 bits per heavy atom. The molecule has 0 spiro atoms. The van der Waals surface area contributed by atoms with Crippen molar-refractivity contribution in [3.05, 3.63) is 90.0 Å². The number of carbonyl (C=O) groups is 1. The van der Waals surface area contributed by atoms with Crippen LogP contribution in [0.4, 0.5) is 5.69 Å². The summed E-state index contributed by atoms with van der Waals surface area (Å²) in [5.74, 6) is -0.228. The van der Waals surface area contributed by atoms with Crippen molar-refractivity contribution in [1.82, 2.24) is 4.90 Å². The maximum Gasteiger partial charge on any atom is 0.264 e. The van der Waals surface area contributed by atoms with E-state index in [1.807, 2.05) is 36.6 Å². The van der Waals surface area contributed by atoms with E-state index in [-0.39, 0.29) is 17.3 Å². The molecule has 0 atom stereocenters. The number of thioether (sulfide) groups is 1. The van der Waals surface area contributed by atoms with Crippen LogP contribution in [0.2, 0.25) is 0 Å². The molecule has 0 aliphatic carbocycles. The van der Waals surface area contributed by atoms with Crippen molar-refractivity contribution in [2.75, 3.05) is 24.2 Å². The number of para-hydroxylation sites is 1. The molecule has 0 heterocycles. The molecule has 162 valence electrons. The van der Waals surface area contributed by atoms with Crippen molar-refractivity contribution in [1.29, 1.82) is 0 Å². The molecule has 3 rings (SSSR count). The van der Waals surface area contributed by atoms with Crippen LogP contribution in [0.5, 0.6) is 0 Å². The van der Waals surface area contributed by atoms with E-state index in [1.54, 1.807) is 67.0 Å². The summed E-state index contributed by atoms with van der Waals surface area (Å²) in [6, 6.07) is 23.2. The average Bonchev–Trinajstić information content (AvgIpc) is 2.80. The summed E-state index contributed by atoms with van der Waals surface area (Å²) < 4.78 is 27.9. The number of rotatable bonds is 8. The summed E-state index contributed by atoms with van der Waals surface area (Å²) in [5, 5.41) is 0. The van der Waals surface area contributed by atoms with Crippen LogP contribution in [-0.2, 0) is 16.6 Å². The maximum atomic E-state index is 13.3. The van der Waals surface area contributed by atoms with Gasteiger partial charge in [0.15, 0.2) is 0 Å². The minimum atomic E-state index is -3.79. The van der Waals surface area contributed by atoms with Gasteiger partial charge in [0.05, 0.1) is 10.6 Å². The van der Waals surface area contributed by atoms with E-state index in [0.29, 0.717) is 17.8 Å². The number of hydrogen-bond donors (Lipinski definition) is 0. The second-order valence-corrected chi connectivity index (χ2v) is 9.78. The molecule has 31 heavy (non-hydrogen) atoms. The molecule has 0 saturated carbocycles. The number of benzene rings is 3. The van der Waals surface area contributed by atoms with Crippen molar-refractivity contribution in [3.8, 4) is 0 Å². The van der Waals surface area contributed by atoms with Gasteiger partial charge in [-0.05, 0) is 61.2 Å². The topological polar surface area (TPSA) is 57.7 Å². The predicted octanol–water partition coefficient (Wildman–Crippen LogP) is 4.90. The largest absolute Gasteiger partial charge is 0.337 e. The second kappa shape index (κ2) is 10.0. The van der Waals surface area contributed by atoms with Gasteiger partial charge < -0.3 is 4.90 Å². The monoisotopic (exact) mass is 454 g/mol. The molecule has 1 amide bonds. The molecular weight excluding hydrogens is 428 g/mol. The highest BCUT2D eigenvalue weighted by molar-refractivity contribution is 7.98. The highest BCUT2D eigenvalue weighted by atomic mass is 32.2. The van der Waals surface area contributed by atoms with Gasteiger partial charge in [0.25, 0.3) is 15.9 Å². The van der Waals surface area contributed by atoms with E-state index in [1.165, 1.54) is 16.4 Å². The average molecular weight is 455 g/mol. The number of hydrogen-bond acceptors (Lipinski definition) is 4. The molecule has 0 aliphatic rings. The Morgan fingerprint density at radius 2 is 1.61 bits per heavy atom. The summed E-state index contributed by atoms with van der Waals surface area (Å²) in [6.07, 6.45) is 2.02. The lowest BCUT2D eigenvalue weighted by Gasteiger charge is -2.23. The van der Waals surface area contributed by atoms with Crippen molar-refractivity contribution in [2.24, 2.45) is 0 Å². The SMILES string of the molecule is CCN(c1ccccc1)S(=O)(=O)c1cccc(C(=O)N(C)Cc2ccc(SC)cc2)c1. The minimum absolute atomic E-state index is 0.0989. The Morgan fingerprint density at radius 3 is 2.23 bits per heavy atom. The molecular formula is C24H26N2O3S2. The van der Waals surface area contributed by atoms with Gasteiger partial charge in [-0.15, -0.1) is 11.8 Å². The molecule has 7 heteroatoms. The van der Waals surface area contributed by atoms with Crippen molar-refractivity contribution in [3.63, 3.8) is 0 Å². The zero-order chi connectivity index (χ0) is 22.4. The first-order chi connectivity index (χ1) is 14.9. The van der Waals surface area contributed by atoms with Gasteiger partial charge in [0.2, 0.25) is 0 Å². The van der Waals surface area contributed by atoms with Crippen molar-refractivity contribution in [2.45, 2.75) is 23.3 Å². The van der Waals surface area contributed by atoms with E-state index in [4.69, 9.17) is 0 Å². The van der Waals surface area contributed by atoms with Gasteiger partial charge in [-0.3, -0.25) is 9.10 Å². The molecule has 0 aromatic heterocycles. The van der Waals surface area contributed by atoms with E-state index in [9.17, 15) is 13.2 Å². The Labute approximate surface area is 188 Å². The number of amides is 1. The molecule has 0 unspecified atom stereocenters. The smallest absolute Gasteiger partial charge is 0.264 e. The van der Waals surface area contributed by atoms with Gasteiger partial charge in [0.1, 0.15) is 0 Å². The third-order valence-electron chi connectivity index (χ3n) is 4.93. The van der Waals surface area contributed by atoms with E-state index >= 15 is 0 Å². The van der Waals surface area contributed by atoms with Crippen LogP contribution >= 0.6 is 11.8 Å². The summed E-state index contributed by atoms with van der Waals surface area (Å²) >= 11 is 1.66. The van der Waals surface area contributed by atoms with Crippen LogP contribution in [0.3, 0.4) is 0 Å². The Hall–Kier alpha value is -2.77. The first kappa shape index (κ1) is 22.9. The predicted molar refractivity (Wildman–Crippen MR) is 127 cm³/mol. The highest BCUT2D eigenvalue weighted by Crippen LogP contribution is 2.24. The molecule has 0 fully saturated rings. The molecule has 5 nitrogen and oxygen atoms in total. The first-order valence-electron chi connectivity index (χ1n) is 9.93. The standard InChI is InChI=1S/C24H26N2O3S2/c1-4-26(21-10-6-5-7-11-21)31(28,29)23-12-8-9-20(17-23)24(27)25(2)18-19-13-15-22(30-3)16-14-19/h5-17H,4,18H2,1-3H3. The lowest BCUT2D eigenvalue weighted by molar-refractivity contribution is 0.0785. The summed E-state index contributed by atoms with van der Waals surface area (Å²) in [6.45, 7) is 2.52. The van der Waals surface area contributed by atoms with Crippen LogP contribution in [0.15, 0.2) is 88.7 Å². The van der Waals surface area contributed by atoms with Crippen LogP contribution in [0.1, 0.15) is 22.8 Å². The Kier molecular flexibility index (Phi) is 7.41. The van der Waals surface area contributed by atoms with E-state index < -0.39 is 10.0 Å². The number of sulfonamides is 1. The number of carbonyl (C=O) groups excluding carboxylic acids is 1. The Balaban J connectivity index is 1.83. The molecule has 0 radical (unpaired) electrons. The fourth-order valence-electron chi connectivity index (χ4n) is 3.30. The molecule has 0 aliphatic heterocycles. The lowest BCUT2D eigenvalue weighted by Crippen LogP contribution is -2.31. The summed E-state index contributed by atoms with van der Waals surface area (Å²) in [7, 11) is -2.08. The Bertz CT molecular complexity index is 1130. The van der Waals surface area contributed by atoms with E-state index in [0.717, 1.165) is 10.5 Å². The van der Waals surface area contributed by atoms with Crippen LogP contribution < -0.4 is 4.31 Å². The fourth-order valence-corrected chi connectivity index (χ4v) is 5.23. The summed E-state index contributed by atoms with van der Waals surface area (Å²) in [4.78, 5) is 15.8. The second-order valence-electron chi connectivity index (χ2n) is 7.04. The third-order valence-corrected chi connectivity index (χ3v) is 7.57. The van der Waals surface area contributed by atoms with Crippen LogP contribution in [-0.4, -0.2) is 39.1 Å². The zero-order valence-corrected chi connectivity index (χ0v) is 19.5. The normalized spacial score (nSPS) is 11.2. The van der Waals surface area contributed by atoms with Crippen molar-refractivity contribution >= 4 is 33.4 Å². The molecule has 3 aromatic rings. The third kappa shape index (κ3) is 5.29. The van der Waals surface area contributed by atoms with Crippen LogP contribution in [0, 0.1) is 0 Å². The lowest BCUT2D eigenvalue weighted by atomic mass is 10.1. The summed E-state index contributed by atoms with van der Waals surface area (Å²) in [5.41, 5.74) is 1.94. The molecule has 0 saturated heterocycles. The van der Waals surface area contributed by atoms with E-state index in [2.05, 4.69) is 0 Å². The first-order valence-corrected chi connectivity index (χ1v) is 12.6. The molecule has 3 aromatic carbocycles. The zero-order valence-electron chi connectivity index (χ0n) is 17.9. The fraction of sp³-hybridized carbons (Fsp3) is 0.208. The van der Waals surface area contributed by atoms with Crippen LogP contribution in [0.25, 0.3) is 0 Å². The molecule has 0 N–H and O–H groups in total. The van der Waals surface area contributed by atoms with Gasteiger partial charge in [-0.25, -0.2) is 8.42 Å².